The van der Waals surface area contributed by atoms with Crippen LogP contribution in [0.25, 0.3) is 0 Å². The van der Waals surface area contributed by atoms with Gasteiger partial charge in [0.05, 0.1) is 0 Å². The second kappa shape index (κ2) is 8.33. The van der Waals surface area contributed by atoms with Crippen molar-refractivity contribution in [2.24, 2.45) is 10.8 Å². The molecular weight excluding hydrogens is 312 g/mol. The van der Waals surface area contributed by atoms with E-state index in [-0.39, 0.29) is 5.41 Å². The molecule has 0 aliphatic carbocycles. The van der Waals surface area contributed by atoms with Gasteiger partial charge < -0.3 is 10.6 Å². The normalized spacial score (nSPS) is 12.2. The van der Waals surface area contributed by atoms with Crippen molar-refractivity contribution in [1.82, 2.24) is 5.32 Å². The Bertz CT molecular complexity index is 543. The van der Waals surface area contributed by atoms with Crippen molar-refractivity contribution in [3.05, 3.63) is 28.8 Å². The van der Waals surface area contributed by atoms with Crippen LogP contribution in [0.1, 0.15) is 71.6 Å². The van der Waals surface area contributed by atoms with Crippen LogP contribution in [0.15, 0.2) is 12.1 Å². The van der Waals surface area contributed by atoms with Crippen LogP contribution in [0, 0.1) is 17.8 Å². The average molecular weight is 349 g/mol. The van der Waals surface area contributed by atoms with E-state index in [4.69, 9.17) is 12.2 Å². The Labute approximate surface area is 154 Å². The van der Waals surface area contributed by atoms with Gasteiger partial charge in [0.15, 0.2) is 5.11 Å². The molecule has 2 nitrogen and oxygen atoms in total. The molecular formula is C21H36N2S. The molecule has 0 atom stereocenters. The monoisotopic (exact) mass is 348 g/mol. The molecule has 1 rings (SSSR count). The Kier molecular flexibility index (Phi) is 7.27. The molecule has 1 aromatic rings. The number of thiocarbonyl (C=S) groups is 1. The van der Waals surface area contributed by atoms with Crippen LogP contribution in [0.3, 0.4) is 0 Å². The summed E-state index contributed by atoms with van der Waals surface area (Å²) in [5.74, 6) is 0. The maximum Gasteiger partial charge on any atom is 0.170 e. The van der Waals surface area contributed by atoms with E-state index in [2.05, 4.69) is 78.2 Å². The first-order chi connectivity index (χ1) is 11.0. The van der Waals surface area contributed by atoms with Gasteiger partial charge in [-0.25, -0.2) is 0 Å². The molecule has 0 unspecified atom stereocenters. The maximum atomic E-state index is 5.57. The molecule has 24 heavy (non-hydrogen) atoms. The Balaban J connectivity index is 2.79. The van der Waals surface area contributed by atoms with Gasteiger partial charge in [0, 0.05) is 12.2 Å². The highest BCUT2D eigenvalue weighted by Gasteiger charge is 2.25. The fourth-order valence-corrected chi connectivity index (χ4v) is 3.81. The standard InChI is InChI=1S/C21H36N2S/c1-9-16-11-15(3)12-17(10-2)18(16)23-19(24)22-14-21(7,8)13-20(4,5)6/h11-12H,9-10,13-14H2,1-8H3,(H2,22,23,24). The fraction of sp³-hybridized carbons (Fsp3) is 0.667. The summed E-state index contributed by atoms with van der Waals surface area (Å²) in [6.07, 6.45) is 3.17. The minimum absolute atomic E-state index is 0.207. The van der Waals surface area contributed by atoms with E-state index in [1.54, 1.807) is 0 Å². The Morgan fingerprint density at radius 3 is 1.92 bits per heavy atom. The third-order valence-electron chi connectivity index (χ3n) is 4.18. The molecule has 2 N–H and O–H groups in total. The molecule has 0 fully saturated rings. The molecule has 0 radical (unpaired) electrons. The Morgan fingerprint density at radius 1 is 1.00 bits per heavy atom. The van der Waals surface area contributed by atoms with Crippen molar-refractivity contribution in [2.45, 2.75) is 74.7 Å². The predicted molar refractivity (Wildman–Crippen MR) is 112 cm³/mol. The van der Waals surface area contributed by atoms with E-state index in [1.807, 2.05) is 0 Å². The lowest BCUT2D eigenvalue weighted by molar-refractivity contribution is 0.214. The first-order valence-electron chi connectivity index (χ1n) is 9.14. The first-order valence-corrected chi connectivity index (χ1v) is 9.55. The SMILES string of the molecule is CCc1cc(C)cc(CC)c1NC(=S)NCC(C)(C)CC(C)(C)C. The van der Waals surface area contributed by atoms with Gasteiger partial charge in [-0.05, 0) is 60.4 Å². The van der Waals surface area contributed by atoms with E-state index in [0.717, 1.165) is 30.9 Å². The minimum atomic E-state index is 0.207. The molecule has 0 heterocycles. The third kappa shape index (κ3) is 6.80. The van der Waals surface area contributed by atoms with Crippen LogP contribution < -0.4 is 10.6 Å². The van der Waals surface area contributed by atoms with E-state index in [0.29, 0.717) is 5.41 Å². The van der Waals surface area contributed by atoms with Crippen molar-refractivity contribution in [2.75, 3.05) is 11.9 Å². The lowest BCUT2D eigenvalue weighted by atomic mass is 9.76. The smallest absolute Gasteiger partial charge is 0.170 e. The molecule has 0 aliphatic rings. The van der Waals surface area contributed by atoms with Gasteiger partial charge >= 0.3 is 0 Å². The zero-order valence-corrected chi connectivity index (χ0v) is 17.7. The lowest BCUT2D eigenvalue weighted by Crippen LogP contribution is -2.38. The molecule has 0 amide bonds. The number of nitrogens with one attached hydrogen (secondary N) is 2. The van der Waals surface area contributed by atoms with Crippen molar-refractivity contribution < 1.29 is 0 Å². The molecule has 136 valence electrons. The van der Waals surface area contributed by atoms with Crippen LogP contribution in [-0.4, -0.2) is 11.7 Å². The van der Waals surface area contributed by atoms with Gasteiger partial charge in [-0.3, -0.25) is 0 Å². The first kappa shape index (κ1) is 21.0. The van der Waals surface area contributed by atoms with Crippen LogP contribution in [0.2, 0.25) is 0 Å². The van der Waals surface area contributed by atoms with Gasteiger partial charge in [0.1, 0.15) is 0 Å². The van der Waals surface area contributed by atoms with Crippen LogP contribution in [-0.2, 0) is 12.8 Å². The zero-order valence-electron chi connectivity index (χ0n) is 16.9. The minimum Gasteiger partial charge on any atom is -0.362 e. The van der Waals surface area contributed by atoms with E-state index >= 15 is 0 Å². The summed E-state index contributed by atoms with van der Waals surface area (Å²) in [6.45, 7) is 18.9. The molecule has 0 saturated carbocycles. The molecule has 0 aromatic heterocycles. The number of aryl methyl sites for hydroxylation is 3. The highest BCUT2D eigenvalue weighted by molar-refractivity contribution is 7.80. The zero-order chi connectivity index (χ0) is 18.5. The van der Waals surface area contributed by atoms with Crippen LogP contribution >= 0.6 is 12.2 Å². The van der Waals surface area contributed by atoms with Crippen LogP contribution in [0.4, 0.5) is 5.69 Å². The number of rotatable bonds is 6. The van der Waals surface area contributed by atoms with Gasteiger partial charge in [-0.2, -0.15) is 0 Å². The number of hydrogen-bond acceptors (Lipinski definition) is 1. The second-order valence-electron chi connectivity index (χ2n) is 8.87. The maximum absolute atomic E-state index is 5.57. The summed E-state index contributed by atoms with van der Waals surface area (Å²) in [5.41, 5.74) is 5.71. The largest absolute Gasteiger partial charge is 0.362 e. The number of benzene rings is 1. The van der Waals surface area contributed by atoms with Gasteiger partial charge in [-0.1, -0.05) is 66.2 Å². The Hall–Kier alpha value is -1.09. The highest BCUT2D eigenvalue weighted by Crippen LogP contribution is 2.32. The number of anilines is 1. The van der Waals surface area contributed by atoms with E-state index in [9.17, 15) is 0 Å². The van der Waals surface area contributed by atoms with Gasteiger partial charge in [0.25, 0.3) is 0 Å². The summed E-state index contributed by atoms with van der Waals surface area (Å²) in [5, 5.41) is 7.62. The summed E-state index contributed by atoms with van der Waals surface area (Å²) >= 11 is 5.57. The van der Waals surface area contributed by atoms with Crippen molar-refractivity contribution in [3.8, 4) is 0 Å². The molecule has 0 aliphatic heterocycles. The van der Waals surface area contributed by atoms with Crippen molar-refractivity contribution >= 4 is 23.0 Å². The number of hydrogen-bond donors (Lipinski definition) is 2. The molecule has 3 heteroatoms. The van der Waals surface area contributed by atoms with Gasteiger partial charge in [-0.15, -0.1) is 0 Å². The van der Waals surface area contributed by atoms with Crippen molar-refractivity contribution in [3.63, 3.8) is 0 Å². The molecule has 0 spiro atoms. The van der Waals surface area contributed by atoms with Crippen molar-refractivity contribution in [1.29, 1.82) is 0 Å². The third-order valence-corrected chi connectivity index (χ3v) is 4.43. The quantitative estimate of drug-likeness (QED) is 0.629. The molecule has 0 bridgehead atoms. The summed E-state index contributed by atoms with van der Waals surface area (Å²) < 4.78 is 0. The predicted octanol–water partition coefficient (Wildman–Crippen LogP) is 5.87. The molecule has 0 saturated heterocycles. The van der Waals surface area contributed by atoms with Crippen LogP contribution in [0.5, 0.6) is 0 Å². The summed E-state index contributed by atoms with van der Waals surface area (Å²) in [6, 6.07) is 4.52. The summed E-state index contributed by atoms with van der Waals surface area (Å²) in [7, 11) is 0. The Morgan fingerprint density at radius 2 is 1.50 bits per heavy atom. The average Bonchev–Trinajstić information content (AvgIpc) is 2.44. The summed E-state index contributed by atoms with van der Waals surface area (Å²) in [4.78, 5) is 0. The van der Waals surface area contributed by atoms with E-state index < -0.39 is 0 Å². The van der Waals surface area contributed by atoms with E-state index in [1.165, 1.54) is 22.4 Å². The van der Waals surface area contributed by atoms with Gasteiger partial charge in [0.2, 0.25) is 0 Å². The lowest BCUT2D eigenvalue weighted by Gasteiger charge is -2.33. The highest BCUT2D eigenvalue weighted by atomic mass is 32.1. The molecule has 1 aromatic carbocycles. The topological polar surface area (TPSA) is 24.1 Å². The second-order valence-corrected chi connectivity index (χ2v) is 9.28. The fourth-order valence-electron chi connectivity index (χ4n) is 3.64.